The van der Waals surface area contributed by atoms with E-state index in [2.05, 4.69) is 5.10 Å². The highest BCUT2D eigenvalue weighted by molar-refractivity contribution is 7.89. The van der Waals surface area contributed by atoms with Crippen LogP contribution in [0.4, 0.5) is 8.78 Å². The molecule has 3 heterocycles. The molecular formula is C21H25F2N3O4S. The third-order valence-corrected chi connectivity index (χ3v) is 8.33. The Kier molecular flexibility index (Phi) is 5.97. The minimum Gasteiger partial charge on any atom is -0.381 e. The molecule has 0 aliphatic carbocycles. The number of nitrogens with zero attached hydrogens (tertiary/aromatic N) is 3. The zero-order valence-corrected chi connectivity index (χ0v) is 18.1. The molecule has 1 atom stereocenters. The van der Waals surface area contributed by atoms with E-state index in [1.165, 1.54) is 16.7 Å². The molecule has 2 aromatic rings. The lowest BCUT2D eigenvalue weighted by molar-refractivity contribution is 0.0345. The second kappa shape index (κ2) is 8.40. The third kappa shape index (κ3) is 4.04. The molecule has 1 aromatic carbocycles. The van der Waals surface area contributed by atoms with E-state index in [-0.39, 0.29) is 55.5 Å². The Morgan fingerprint density at radius 2 is 2.00 bits per heavy atom. The van der Waals surface area contributed by atoms with Gasteiger partial charge in [0.2, 0.25) is 10.0 Å². The number of carbonyl (C=O) groups is 1. The van der Waals surface area contributed by atoms with Crippen molar-refractivity contribution in [3.63, 3.8) is 0 Å². The zero-order chi connectivity index (χ0) is 22.2. The van der Waals surface area contributed by atoms with Crippen LogP contribution in [0.3, 0.4) is 0 Å². The molecule has 0 spiro atoms. The Labute approximate surface area is 180 Å². The second-order valence-electron chi connectivity index (χ2n) is 8.23. The van der Waals surface area contributed by atoms with Gasteiger partial charge >= 0.3 is 0 Å². The number of aromatic nitrogens is 2. The first-order chi connectivity index (χ1) is 14.7. The van der Waals surface area contributed by atoms with Crippen molar-refractivity contribution in [1.29, 1.82) is 0 Å². The van der Waals surface area contributed by atoms with Gasteiger partial charge in [0.15, 0.2) is 0 Å². The van der Waals surface area contributed by atoms with Gasteiger partial charge in [-0.1, -0.05) is 0 Å². The molecule has 0 unspecified atom stereocenters. The quantitative estimate of drug-likeness (QED) is 0.711. The van der Waals surface area contributed by atoms with Crippen LogP contribution in [0.25, 0.3) is 0 Å². The van der Waals surface area contributed by atoms with Gasteiger partial charge in [-0.15, -0.1) is 0 Å². The van der Waals surface area contributed by atoms with E-state index in [9.17, 15) is 13.2 Å². The summed E-state index contributed by atoms with van der Waals surface area (Å²) >= 11 is 0. The summed E-state index contributed by atoms with van der Waals surface area (Å²) in [5.41, 5.74) is -1.41. The van der Waals surface area contributed by atoms with Crippen LogP contribution in [-0.2, 0) is 26.7 Å². The van der Waals surface area contributed by atoms with E-state index in [1.54, 1.807) is 13.0 Å². The minimum absolute atomic E-state index is 0.001000. The lowest BCUT2D eigenvalue weighted by atomic mass is 9.72. The summed E-state index contributed by atoms with van der Waals surface area (Å²) in [5, 5.41) is 3.97. The second-order valence-corrected chi connectivity index (χ2v) is 10.3. The van der Waals surface area contributed by atoms with Gasteiger partial charge in [0.25, 0.3) is 5.91 Å². The maximum Gasteiger partial charge on any atom is 0.257 e. The Morgan fingerprint density at radius 1 is 1.26 bits per heavy atom. The van der Waals surface area contributed by atoms with Crippen molar-refractivity contribution in [2.24, 2.45) is 0 Å². The molecule has 7 nitrogen and oxygen atoms in total. The molecule has 31 heavy (non-hydrogen) atoms. The first kappa shape index (κ1) is 22.0. The number of halogens is 2. The molecular weight excluding hydrogens is 428 g/mol. The highest BCUT2D eigenvalue weighted by atomic mass is 32.2. The third-order valence-electron chi connectivity index (χ3n) is 6.32. The maximum atomic E-state index is 15.3. The number of sulfonamides is 1. The highest BCUT2D eigenvalue weighted by Gasteiger charge is 2.45. The van der Waals surface area contributed by atoms with Crippen LogP contribution in [0.1, 0.15) is 48.5 Å². The number of hydrogen-bond acceptors (Lipinski definition) is 5. The molecule has 2 aliphatic heterocycles. The van der Waals surface area contributed by atoms with Crippen molar-refractivity contribution in [3.05, 3.63) is 53.4 Å². The highest BCUT2D eigenvalue weighted by Crippen LogP contribution is 2.39. The molecule has 168 valence electrons. The largest absolute Gasteiger partial charge is 0.381 e. The standard InChI is InChI=1S/C21H25F2N3O4S/c1-15-4-2-11-31(28,29)26(15)14-16-12-19(23)17(13-18(16)22)21(5-9-30-10-6-21)20(27)25-8-3-7-24-25/h3,7-8,12-13,15H,2,4-6,9-11,14H2,1H3/t15-/m0/s1. The fourth-order valence-corrected chi connectivity index (χ4v) is 6.28. The predicted octanol–water partition coefficient (Wildman–Crippen LogP) is 2.86. The van der Waals surface area contributed by atoms with E-state index in [0.29, 0.717) is 12.8 Å². The molecule has 1 aromatic heterocycles. The van der Waals surface area contributed by atoms with Gasteiger partial charge in [-0.05, 0) is 50.8 Å². The number of ether oxygens (including phenoxy) is 1. The van der Waals surface area contributed by atoms with Crippen molar-refractivity contribution in [2.45, 2.75) is 50.6 Å². The summed E-state index contributed by atoms with van der Waals surface area (Å²) in [6, 6.07) is 3.36. The number of rotatable bonds is 4. The van der Waals surface area contributed by atoms with Gasteiger partial charge in [-0.2, -0.15) is 9.40 Å². The lowest BCUT2D eigenvalue weighted by Crippen LogP contribution is -2.45. The van der Waals surface area contributed by atoms with Crippen LogP contribution >= 0.6 is 0 Å². The number of benzene rings is 1. The summed E-state index contributed by atoms with van der Waals surface area (Å²) in [6.07, 6.45) is 4.53. The van der Waals surface area contributed by atoms with Gasteiger partial charge < -0.3 is 4.74 Å². The molecule has 0 radical (unpaired) electrons. The predicted molar refractivity (Wildman–Crippen MR) is 109 cm³/mol. The Morgan fingerprint density at radius 3 is 2.65 bits per heavy atom. The molecule has 0 N–H and O–H groups in total. The van der Waals surface area contributed by atoms with Crippen molar-refractivity contribution < 1.29 is 26.7 Å². The van der Waals surface area contributed by atoms with Crippen molar-refractivity contribution in [2.75, 3.05) is 19.0 Å². The molecule has 0 bridgehead atoms. The van der Waals surface area contributed by atoms with Crippen LogP contribution in [-0.4, -0.2) is 53.4 Å². The summed E-state index contributed by atoms with van der Waals surface area (Å²) in [6.45, 7) is 1.99. The summed E-state index contributed by atoms with van der Waals surface area (Å²) < 4.78 is 63.1. The molecule has 2 fully saturated rings. The SMILES string of the molecule is C[C@H]1CCCS(=O)(=O)N1Cc1cc(F)c(C2(C(=O)n3cccn3)CCOCC2)cc1F. The monoisotopic (exact) mass is 453 g/mol. The van der Waals surface area contributed by atoms with Gasteiger partial charge in [0, 0.05) is 49.3 Å². The average molecular weight is 454 g/mol. The van der Waals surface area contributed by atoms with E-state index in [1.807, 2.05) is 0 Å². The Balaban J connectivity index is 1.72. The van der Waals surface area contributed by atoms with E-state index >= 15 is 8.78 Å². The minimum atomic E-state index is -3.52. The van der Waals surface area contributed by atoms with Crippen LogP contribution in [0.2, 0.25) is 0 Å². The smallest absolute Gasteiger partial charge is 0.257 e. The molecule has 0 saturated carbocycles. The van der Waals surface area contributed by atoms with Gasteiger partial charge in [-0.25, -0.2) is 21.9 Å². The summed E-state index contributed by atoms with van der Waals surface area (Å²) in [7, 11) is -3.52. The molecule has 10 heteroatoms. The Bertz CT molecular complexity index is 1070. The van der Waals surface area contributed by atoms with Gasteiger partial charge in [-0.3, -0.25) is 4.79 Å². The number of carbonyl (C=O) groups excluding carboxylic acids is 1. The lowest BCUT2D eigenvalue weighted by Gasteiger charge is -2.36. The molecule has 2 saturated heterocycles. The number of hydrogen-bond donors (Lipinski definition) is 0. The van der Waals surface area contributed by atoms with Gasteiger partial charge in [0.05, 0.1) is 11.2 Å². The van der Waals surface area contributed by atoms with Crippen molar-refractivity contribution in [3.8, 4) is 0 Å². The van der Waals surface area contributed by atoms with E-state index in [0.717, 1.165) is 16.8 Å². The van der Waals surface area contributed by atoms with Crippen LogP contribution in [0.5, 0.6) is 0 Å². The molecule has 2 aliphatic rings. The van der Waals surface area contributed by atoms with Crippen LogP contribution < -0.4 is 0 Å². The topological polar surface area (TPSA) is 81.5 Å². The fourth-order valence-electron chi connectivity index (χ4n) is 4.52. The molecule has 0 amide bonds. The molecule has 4 rings (SSSR count). The van der Waals surface area contributed by atoms with E-state index in [4.69, 9.17) is 4.74 Å². The fraction of sp³-hybridized carbons (Fsp3) is 0.524. The van der Waals surface area contributed by atoms with Gasteiger partial charge in [0.1, 0.15) is 11.6 Å². The Hall–Kier alpha value is -2.17. The summed E-state index contributed by atoms with van der Waals surface area (Å²) in [4.78, 5) is 13.2. The zero-order valence-electron chi connectivity index (χ0n) is 17.3. The van der Waals surface area contributed by atoms with Crippen molar-refractivity contribution >= 4 is 15.9 Å². The van der Waals surface area contributed by atoms with Crippen LogP contribution in [0.15, 0.2) is 30.6 Å². The first-order valence-corrected chi connectivity index (χ1v) is 12.0. The van der Waals surface area contributed by atoms with Crippen molar-refractivity contribution in [1.82, 2.24) is 14.1 Å². The normalized spacial score (nSPS) is 23.5. The maximum absolute atomic E-state index is 15.3. The summed E-state index contributed by atoms with van der Waals surface area (Å²) in [5.74, 6) is -1.91. The van der Waals surface area contributed by atoms with E-state index < -0.39 is 33.0 Å². The average Bonchev–Trinajstić information content (AvgIpc) is 3.27. The first-order valence-electron chi connectivity index (χ1n) is 10.3. The van der Waals surface area contributed by atoms with Crippen LogP contribution in [0, 0.1) is 11.6 Å².